The number of Topliss-reactive ketones (excluding diaryl/α,β-unsaturated/α-hetero) is 1. The number of carbonyl (C=O) groups excluding carboxylic acids is 1. The van der Waals surface area contributed by atoms with Crippen molar-refractivity contribution in [2.45, 2.75) is 33.6 Å². The van der Waals surface area contributed by atoms with E-state index in [4.69, 9.17) is 0 Å². The molecule has 0 radical (unpaired) electrons. The van der Waals surface area contributed by atoms with Crippen LogP contribution in [0.3, 0.4) is 0 Å². The summed E-state index contributed by atoms with van der Waals surface area (Å²) >= 11 is 0. The molecular formula is C23H25OP. The maximum Gasteiger partial charge on any atom is 0.168 e. The standard InChI is InChI=1S/C23H25OP/c1-23(2,3)22(24)20-16-10-11-17-21(20)25(18-12-6-4-7-13-18)19-14-8-5-9-15-19/h4-10,12-16H,11,17H2,1-3H3. The van der Waals surface area contributed by atoms with E-state index in [2.05, 4.69) is 72.8 Å². The number of carbonyl (C=O) groups is 1. The molecule has 0 heterocycles. The summed E-state index contributed by atoms with van der Waals surface area (Å²) in [7, 11) is -0.680. The summed E-state index contributed by atoms with van der Waals surface area (Å²) in [6.07, 6.45) is 6.18. The first-order valence-corrected chi connectivity index (χ1v) is 10.2. The summed E-state index contributed by atoms with van der Waals surface area (Å²) in [5.74, 6) is 0.248. The van der Waals surface area contributed by atoms with Crippen LogP contribution < -0.4 is 10.6 Å². The number of hydrogen-bond donors (Lipinski definition) is 0. The van der Waals surface area contributed by atoms with Crippen LogP contribution in [0.5, 0.6) is 0 Å². The second-order valence-corrected chi connectivity index (χ2v) is 9.63. The van der Waals surface area contributed by atoms with E-state index in [1.54, 1.807) is 0 Å². The molecule has 0 N–H and O–H groups in total. The van der Waals surface area contributed by atoms with Crippen LogP contribution in [0.15, 0.2) is 83.7 Å². The highest BCUT2D eigenvalue weighted by Gasteiger charge is 2.30. The molecule has 1 aliphatic carbocycles. The van der Waals surface area contributed by atoms with Gasteiger partial charge in [0, 0.05) is 11.0 Å². The lowest BCUT2D eigenvalue weighted by Crippen LogP contribution is -2.24. The Morgan fingerprint density at radius 1 is 0.880 bits per heavy atom. The normalized spacial score (nSPS) is 14.9. The van der Waals surface area contributed by atoms with Crippen molar-refractivity contribution in [1.82, 2.24) is 0 Å². The number of hydrogen-bond acceptors (Lipinski definition) is 1. The Balaban J connectivity index is 2.19. The smallest absolute Gasteiger partial charge is 0.168 e. The van der Waals surface area contributed by atoms with Gasteiger partial charge in [-0.2, -0.15) is 0 Å². The molecule has 0 amide bonds. The zero-order chi connectivity index (χ0) is 17.9. The molecule has 2 aromatic carbocycles. The SMILES string of the molecule is CC(C)(C)C(=O)C1=C(P(c2ccccc2)c2ccccc2)CCC=C1. The fraction of sp³-hybridized carbons (Fsp3) is 0.261. The Morgan fingerprint density at radius 2 is 1.40 bits per heavy atom. The zero-order valence-corrected chi connectivity index (χ0v) is 16.1. The van der Waals surface area contributed by atoms with Crippen LogP contribution in [0.25, 0.3) is 0 Å². The Hall–Kier alpha value is -1.98. The van der Waals surface area contributed by atoms with Crippen LogP contribution in [-0.2, 0) is 4.79 Å². The molecule has 2 aromatic rings. The second kappa shape index (κ2) is 7.50. The van der Waals surface area contributed by atoms with Crippen LogP contribution in [-0.4, -0.2) is 5.78 Å². The van der Waals surface area contributed by atoms with Gasteiger partial charge in [-0.05, 0) is 36.7 Å². The van der Waals surface area contributed by atoms with Crippen LogP contribution in [0.4, 0.5) is 0 Å². The summed E-state index contributed by atoms with van der Waals surface area (Å²) in [4.78, 5) is 13.1. The third-order valence-corrected chi connectivity index (χ3v) is 7.00. The van der Waals surface area contributed by atoms with Crippen LogP contribution in [0.2, 0.25) is 0 Å². The topological polar surface area (TPSA) is 17.1 Å². The van der Waals surface area contributed by atoms with Crippen molar-refractivity contribution < 1.29 is 4.79 Å². The highest BCUT2D eigenvalue weighted by Crippen LogP contribution is 2.49. The summed E-state index contributed by atoms with van der Waals surface area (Å²) in [5, 5.41) is 3.94. The number of allylic oxidation sites excluding steroid dienone is 4. The number of ketones is 1. The maximum absolute atomic E-state index is 13.1. The molecule has 0 aromatic heterocycles. The molecule has 25 heavy (non-hydrogen) atoms. The van der Waals surface area contributed by atoms with E-state index in [1.165, 1.54) is 15.9 Å². The van der Waals surface area contributed by atoms with Gasteiger partial charge in [0.25, 0.3) is 0 Å². The second-order valence-electron chi connectivity index (χ2n) is 7.39. The minimum Gasteiger partial charge on any atom is -0.294 e. The molecule has 3 rings (SSSR count). The van der Waals surface area contributed by atoms with Crippen molar-refractivity contribution in [3.8, 4) is 0 Å². The lowest BCUT2D eigenvalue weighted by atomic mass is 9.84. The van der Waals surface area contributed by atoms with Gasteiger partial charge in [-0.25, -0.2) is 0 Å². The highest BCUT2D eigenvalue weighted by atomic mass is 31.1. The Labute approximate surface area is 152 Å². The molecular weight excluding hydrogens is 323 g/mol. The molecule has 0 saturated heterocycles. The van der Waals surface area contributed by atoms with E-state index < -0.39 is 7.92 Å². The fourth-order valence-electron chi connectivity index (χ4n) is 3.11. The van der Waals surface area contributed by atoms with E-state index in [1.807, 2.05) is 20.8 Å². The third-order valence-electron chi connectivity index (χ3n) is 4.37. The van der Waals surface area contributed by atoms with E-state index >= 15 is 0 Å². The van der Waals surface area contributed by atoms with Crippen molar-refractivity contribution in [2.24, 2.45) is 5.41 Å². The first-order valence-electron chi connectivity index (χ1n) is 8.83. The van der Waals surface area contributed by atoms with Gasteiger partial charge in [-0.15, -0.1) is 0 Å². The van der Waals surface area contributed by atoms with E-state index in [0.717, 1.165) is 18.4 Å². The van der Waals surface area contributed by atoms with Crippen LogP contribution >= 0.6 is 7.92 Å². The lowest BCUT2D eigenvalue weighted by molar-refractivity contribution is -0.122. The van der Waals surface area contributed by atoms with Crippen molar-refractivity contribution >= 4 is 24.3 Å². The molecule has 0 spiro atoms. The summed E-state index contributed by atoms with van der Waals surface area (Å²) < 4.78 is 0. The van der Waals surface area contributed by atoms with Crippen LogP contribution in [0.1, 0.15) is 33.6 Å². The predicted octanol–water partition coefficient (Wildman–Crippen LogP) is 5.34. The molecule has 0 saturated carbocycles. The van der Waals surface area contributed by atoms with Gasteiger partial charge in [0.2, 0.25) is 0 Å². The molecule has 2 heteroatoms. The Bertz CT molecular complexity index is 755. The molecule has 0 unspecified atom stereocenters. The molecule has 1 aliphatic rings. The van der Waals surface area contributed by atoms with Crippen molar-refractivity contribution in [2.75, 3.05) is 0 Å². The monoisotopic (exact) mass is 348 g/mol. The van der Waals surface area contributed by atoms with Gasteiger partial charge in [-0.3, -0.25) is 4.79 Å². The first-order chi connectivity index (χ1) is 12.0. The van der Waals surface area contributed by atoms with E-state index in [0.29, 0.717) is 0 Å². The fourth-order valence-corrected chi connectivity index (χ4v) is 5.74. The molecule has 1 nitrogen and oxygen atoms in total. The van der Waals surface area contributed by atoms with Gasteiger partial charge in [0.15, 0.2) is 5.78 Å². The largest absolute Gasteiger partial charge is 0.294 e. The number of benzene rings is 2. The average molecular weight is 348 g/mol. The van der Waals surface area contributed by atoms with Crippen molar-refractivity contribution in [1.29, 1.82) is 0 Å². The zero-order valence-electron chi connectivity index (χ0n) is 15.2. The summed E-state index contributed by atoms with van der Waals surface area (Å²) in [5.41, 5.74) is 0.564. The van der Waals surface area contributed by atoms with Crippen molar-refractivity contribution in [3.05, 3.63) is 83.7 Å². The summed E-state index contributed by atoms with van der Waals surface area (Å²) in [6, 6.07) is 21.3. The highest BCUT2D eigenvalue weighted by molar-refractivity contribution is 7.76. The lowest BCUT2D eigenvalue weighted by Gasteiger charge is -2.28. The molecule has 0 bridgehead atoms. The van der Waals surface area contributed by atoms with Gasteiger partial charge < -0.3 is 0 Å². The average Bonchev–Trinajstić information content (AvgIpc) is 2.63. The van der Waals surface area contributed by atoms with Gasteiger partial charge in [0.05, 0.1) is 0 Å². The molecule has 128 valence electrons. The van der Waals surface area contributed by atoms with E-state index in [9.17, 15) is 4.79 Å². The maximum atomic E-state index is 13.1. The Kier molecular flexibility index (Phi) is 5.35. The molecule has 0 aliphatic heterocycles. The van der Waals surface area contributed by atoms with Gasteiger partial charge in [-0.1, -0.05) is 93.6 Å². The quantitative estimate of drug-likeness (QED) is 0.682. The van der Waals surface area contributed by atoms with Gasteiger partial charge >= 0.3 is 0 Å². The molecule has 0 fully saturated rings. The van der Waals surface area contributed by atoms with Crippen molar-refractivity contribution in [3.63, 3.8) is 0 Å². The first kappa shape index (κ1) is 17.8. The van der Waals surface area contributed by atoms with Crippen LogP contribution in [0, 0.1) is 5.41 Å². The van der Waals surface area contributed by atoms with Gasteiger partial charge in [0.1, 0.15) is 0 Å². The molecule has 0 atom stereocenters. The number of rotatable bonds is 4. The minimum atomic E-state index is -0.680. The Morgan fingerprint density at radius 3 is 1.88 bits per heavy atom. The predicted molar refractivity (Wildman–Crippen MR) is 109 cm³/mol. The minimum absolute atomic E-state index is 0.248. The summed E-state index contributed by atoms with van der Waals surface area (Å²) in [6.45, 7) is 6.03. The van der Waals surface area contributed by atoms with E-state index in [-0.39, 0.29) is 11.2 Å². The third kappa shape index (κ3) is 3.99.